The molecule has 2 rings (SSSR count). The van der Waals surface area contributed by atoms with Crippen molar-refractivity contribution in [2.45, 2.75) is 38.2 Å². The Kier molecular flexibility index (Phi) is 5.22. The molecule has 6 heteroatoms. The van der Waals surface area contributed by atoms with Crippen LogP contribution in [0.3, 0.4) is 0 Å². The van der Waals surface area contributed by atoms with Crippen LogP contribution in [-0.4, -0.2) is 72.2 Å². The predicted molar refractivity (Wildman–Crippen MR) is 77.6 cm³/mol. The van der Waals surface area contributed by atoms with E-state index in [0.717, 1.165) is 12.8 Å². The highest BCUT2D eigenvalue weighted by molar-refractivity contribution is 5.89. The van der Waals surface area contributed by atoms with E-state index >= 15 is 0 Å². The van der Waals surface area contributed by atoms with Gasteiger partial charge in [-0.25, -0.2) is 0 Å². The van der Waals surface area contributed by atoms with E-state index in [1.807, 2.05) is 11.8 Å². The lowest BCUT2D eigenvalue weighted by Gasteiger charge is -2.25. The molecule has 0 bridgehead atoms. The molecule has 2 atom stereocenters. The van der Waals surface area contributed by atoms with E-state index in [1.165, 1.54) is 0 Å². The number of nitrogens with zero attached hydrogens (tertiary/aromatic N) is 2. The summed E-state index contributed by atoms with van der Waals surface area (Å²) in [5.74, 6) is -0.148. The van der Waals surface area contributed by atoms with Gasteiger partial charge in [0.2, 0.25) is 11.8 Å². The summed E-state index contributed by atoms with van der Waals surface area (Å²) in [5, 5.41) is 10.1. The van der Waals surface area contributed by atoms with E-state index < -0.39 is 5.60 Å². The summed E-state index contributed by atoms with van der Waals surface area (Å²) in [6.45, 7) is 4.62. The van der Waals surface area contributed by atoms with Gasteiger partial charge in [0, 0.05) is 39.7 Å². The minimum atomic E-state index is -0.676. The first-order valence-corrected chi connectivity index (χ1v) is 7.71. The summed E-state index contributed by atoms with van der Waals surface area (Å²) < 4.78 is 4.99. The van der Waals surface area contributed by atoms with E-state index in [2.05, 4.69) is 0 Å². The maximum atomic E-state index is 12.6. The lowest BCUT2D eigenvalue weighted by Crippen LogP contribution is -2.39. The fourth-order valence-corrected chi connectivity index (χ4v) is 3.10. The quantitative estimate of drug-likeness (QED) is 0.807. The highest BCUT2D eigenvalue weighted by Gasteiger charge is 2.37. The van der Waals surface area contributed by atoms with Crippen molar-refractivity contribution in [3.05, 3.63) is 0 Å². The Morgan fingerprint density at radius 1 is 1.43 bits per heavy atom. The third kappa shape index (κ3) is 4.17. The zero-order valence-corrected chi connectivity index (χ0v) is 13.0. The number of ether oxygens (including phenoxy) is 1. The summed E-state index contributed by atoms with van der Waals surface area (Å²) in [4.78, 5) is 28.0. The van der Waals surface area contributed by atoms with E-state index in [1.54, 1.807) is 12.0 Å². The van der Waals surface area contributed by atoms with Crippen molar-refractivity contribution < 1.29 is 19.4 Å². The number of hydrogen-bond donors (Lipinski definition) is 1. The highest BCUT2D eigenvalue weighted by atomic mass is 16.5. The maximum Gasteiger partial charge on any atom is 0.227 e. The van der Waals surface area contributed by atoms with Gasteiger partial charge >= 0.3 is 0 Å². The van der Waals surface area contributed by atoms with Gasteiger partial charge in [-0.05, 0) is 26.2 Å². The molecule has 1 N–H and O–H groups in total. The number of aliphatic hydroxyl groups is 1. The van der Waals surface area contributed by atoms with Crippen molar-refractivity contribution in [3.8, 4) is 0 Å². The number of methoxy groups -OCH3 is 1. The topological polar surface area (TPSA) is 70.1 Å². The Balaban J connectivity index is 1.90. The highest BCUT2D eigenvalue weighted by Crippen LogP contribution is 2.25. The molecule has 120 valence electrons. The van der Waals surface area contributed by atoms with Crippen LogP contribution < -0.4 is 0 Å². The zero-order valence-electron chi connectivity index (χ0n) is 13.0. The van der Waals surface area contributed by atoms with Gasteiger partial charge in [-0.1, -0.05) is 0 Å². The number of amides is 2. The molecule has 2 unspecified atom stereocenters. The average molecular weight is 298 g/mol. The third-order valence-electron chi connectivity index (χ3n) is 4.50. The second-order valence-corrected chi connectivity index (χ2v) is 6.41. The first-order chi connectivity index (χ1) is 9.93. The zero-order chi connectivity index (χ0) is 15.5. The van der Waals surface area contributed by atoms with Crippen LogP contribution >= 0.6 is 0 Å². The van der Waals surface area contributed by atoms with Crippen molar-refractivity contribution in [2.75, 3.05) is 39.9 Å². The Bertz CT molecular complexity index is 397. The fraction of sp³-hybridized carbons (Fsp3) is 0.867. The number of carbonyl (C=O) groups excluding carboxylic acids is 2. The molecule has 2 fully saturated rings. The predicted octanol–water partition coefficient (Wildman–Crippen LogP) is 0.245. The second-order valence-electron chi connectivity index (χ2n) is 6.41. The largest absolute Gasteiger partial charge is 0.390 e. The third-order valence-corrected chi connectivity index (χ3v) is 4.50. The van der Waals surface area contributed by atoms with Crippen molar-refractivity contribution in [3.63, 3.8) is 0 Å². The van der Waals surface area contributed by atoms with Crippen LogP contribution in [0, 0.1) is 5.92 Å². The van der Waals surface area contributed by atoms with Crippen LogP contribution in [0.15, 0.2) is 0 Å². The molecule has 2 aliphatic rings. The van der Waals surface area contributed by atoms with Crippen LogP contribution in [0.25, 0.3) is 0 Å². The summed E-state index contributed by atoms with van der Waals surface area (Å²) in [5.41, 5.74) is -0.676. The smallest absolute Gasteiger partial charge is 0.227 e. The molecule has 0 aromatic rings. The minimum Gasteiger partial charge on any atom is -0.390 e. The summed E-state index contributed by atoms with van der Waals surface area (Å²) in [7, 11) is 1.60. The first kappa shape index (κ1) is 16.2. The van der Waals surface area contributed by atoms with Gasteiger partial charge in [0.1, 0.15) is 0 Å². The molecule has 0 saturated carbocycles. The van der Waals surface area contributed by atoms with Crippen molar-refractivity contribution in [1.82, 2.24) is 9.80 Å². The van der Waals surface area contributed by atoms with Gasteiger partial charge in [0.15, 0.2) is 0 Å². The Morgan fingerprint density at radius 3 is 2.90 bits per heavy atom. The normalized spacial score (nSPS) is 30.6. The van der Waals surface area contributed by atoms with Crippen LogP contribution in [0.2, 0.25) is 0 Å². The molecule has 0 spiro atoms. The van der Waals surface area contributed by atoms with Gasteiger partial charge in [0.05, 0.1) is 18.1 Å². The fourth-order valence-electron chi connectivity index (χ4n) is 3.10. The molecule has 2 aliphatic heterocycles. The molecular formula is C15H26N2O4. The lowest BCUT2D eigenvalue weighted by molar-refractivity contribution is -0.136. The molecular weight excluding hydrogens is 272 g/mol. The van der Waals surface area contributed by atoms with Gasteiger partial charge in [-0.15, -0.1) is 0 Å². The Labute approximate surface area is 126 Å². The lowest BCUT2D eigenvalue weighted by atomic mass is 9.98. The second kappa shape index (κ2) is 6.75. The number of carbonyl (C=O) groups is 2. The van der Waals surface area contributed by atoms with E-state index in [4.69, 9.17) is 4.74 Å². The van der Waals surface area contributed by atoms with Crippen molar-refractivity contribution in [2.24, 2.45) is 5.92 Å². The SMILES string of the molecule is COCCN1CC(C(=O)N2CCCC(C)(O)CC2)CC1=O. The minimum absolute atomic E-state index is 0.0345. The van der Waals surface area contributed by atoms with E-state index in [0.29, 0.717) is 45.6 Å². The van der Waals surface area contributed by atoms with E-state index in [9.17, 15) is 14.7 Å². The van der Waals surface area contributed by atoms with E-state index in [-0.39, 0.29) is 17.7 Å². The molecule has 0 radical (unpaired) electrons. The molecule has 0 aromatic carbocycles. The molecule has 6 nitrogen and oxygen atoms in total. The molecule has 2 amide bonds. The number of hydrogen-bond acceptors (Lipinski definition) is 4. The molecule has 2 saturated heterocycles. The summed E-state index contributed by atoms with van der Waals surface area (Å²) >= 11 is 0. The molecule has 2 heterocycles. The van der Waals surface area contributed by atoms with Crippen LogP contribution in [0.1, 0.15) is 32.6 Å². The molecule has 0 aliphatic carbocycles. The Hall–Kier alpha value is -1.14. The van der Waals surface area contributed by atoms with Crippen LogP contribution in [-0.2, 0) is 14.3 Å². The monoisotopic (exact) mass is 298 g/mol. The van der Waals surface area contributed by atoms with Gasteiger partial charge in [-0.2, -0.15) is 0 Å². The van der Waals surface area contributed by atoms with Gasteiger partial charge in [-0.3, -0.25) is 9.59 Å². The maximum absolute atomic E-state index is 12.6. The van der Waals surface area contributed by atoms with Crippen molar-refractivity contribution in [1.29, 1.82) is 0 Å². The van der Waals surface area contributed by atoms with Crippen LogP contribution in [0.4, 0.5) is 0 Å². The Morgan fingerprint density at radius 2 is 2.19 bits per heavy atom. The summed E-state index contributed by atoms with van der Waals surface area (Å²) in [6.07, 6.45) is 2.44. The van der Waals surface area contributed by atoms with Crippen LogP contribution in [0.5, 0.6) is 0 Å². The summed E-state index contributed by atoms with van der Waals surface area (Å²) in [6, 6.07) is 0. The number of likely N-dealkylation sites (tertiary alicyclic amines) is 2. The van der Waals surface area contributed by atoms with Gasteiger partial charge < -0.3 is 19.6 Å². The molecule has 0 aromatic heterocycles. The van der Waals surface area contributed by atoms with Crippen molar-refractivity contribution >= 4 is 11.8 Å². The first-order valence-electron chi connectivity index (χ1n) is 7.71. The average Bonchev–Trinajstić information content (AvgIpc) is 2.70. The molecule has 21 heavy (non-hydrogen) atoms. The van der Waals surface area contributed by atoms with Gasteiger partial charge in [0.25, 0.3) is 0 Å². The number of rotatable bonds is 4. The standard InChI is InChI=1S/C15H26N2O4/c1-15(20)4-3-6-16(7-5-15)14(19)12-10-13(18)17(11-12)8-9-21-2/h12,20H,3-11H2,1-2H3.